The lowest BCUT2D eigenvalue weighted by Gasteiger charge is -2.11. The van der Waals surface area contributed by atoms with Crippen LogP contribution in [0.4, 0.5) is 5.69 Å². The first kappa shape index (κ1) is 10.7. The van der Waals surface area contributed by atoms with Gasteiger partial charge in [0.2, 0.25) is 0 Å². The molecule has 0 atom stereocenters. The van der Waals surface area contributed by atoms with Gasteiger partial charge in [0, 0.05) is 11.8 Å². The van der Waals surface area contributed by atoms with Crippen molar-refractivity contribution in [1.29, 1.82) is 0 Å². The van der Waals surface area contributed by atoms with Crippen LogP contribution in [0.3, 0.4) is 0 Å². The molecule has 0 N–H and O–H groups in total. The third-order valence-electron chi connectivity index (χ3n) is 2.22. The molecule has 0 spiro atoms. The number of para-hydroxylation sites is 1. The molecule has 0 saturated heterocycles. The second-order valence-corrected chi connectivity index (χ2v) is 3.58. The molecule has 0 amide bonds. The Balaban J connectivity index is 3.13. The lowest BCUT2D eigenvalue weighted by molar-refractivity contribution is 0.858. The fourth-order valence-corrected chi connectivity index (χ4v) is 1.31. The largest absolute Gasteiger partial charge is 0.261 e. The molecule has 74 valence electrons. The van der Waals surface area contributed by atoms with Crippen molar-refractivity contribution in [1.82, 2.24) is 0 Å². The minimum Gasteiger partial charge on any atom is -0.261 e. The highest BCUT2D eigenvalue weighted by Gasteiger charge is 2.06. The molecule has 0 saturated carbocycles. The smallest absolute Gasteiger partial charge is 0.0700 e. The van der Waals surface area contributed by atoms with Gasteiger partial charge in [0.15, 0.2) is 0 Å². The summed E-state index contributed by atoms with van der Waals surface area (Å²) in [6, 6.07) is 8.12. The first-order chi connectivity index (χ1) is 6.66. The zero-order chi connectivity index (χ0) is 10.6. The molecule has 14 heavy (non-hydrogen) atoms. The van der Waals surface area contributed by atoms with Gasteiger partial charge in [0.05, 0.1) is 5.69 Å². The maximum atomic E-state index is 4.32. The van der Waals surface area contributed by atoms with E-state index in [2.05, 4.69) is 31.5 Å². The summed E-state index contributed by atoms with van der Waals surface area (Å²) in [6.07, 6.45) is 1.81. The Morgan fingerprint density at radius 3 is 2.57 bits per heavy atom. The van der Waals surface area contributed by atoms with Gasteiger partial charge in [-0.25, -0.2) is 0 Å². The Morgan fingerprint density at radius 1 is 1.36 bits per heavy atom. The Morgan fingerprint density at radius 2 is 2.00 bits per heavy atom. The van der Waals surface area contributed by atoms with Crippen LogP contribution in [-0.2, 0) is 0 Å². The van der Waals surface area contributed by atoms with Gasteiger partial charge in [-0.3, -0.25) is 4.99 Å². The van der Waals surface area contributed by atoms with Crippen LogP contribution in [0, 0.1) is 5.92 Å². The Kier molecular flexibility index (Phi) is 3.63. The van der Waals surface area contributed by atoms with E-state index in [1.807, 2.05) is 31.3 Å². The van der Waals surface area contributed by atoms with Gasteiger partial charge in [-0.1, -0.05) is 38.6 Å². The summed E-state index contributed by atoms with van der Waals surface area (Å²) in [7, 11) is 0. The van der Waals surface area contributed by atoms with Crippen molar-refractivity contribution >= 4 is 17.5 Å². The molecule has 0 aliphatic heterocycles. The van der Waals surface area contributed by atoms with Crippen LogP contribution >= 0.6 is 0 Å². The number of rotatable bonds is 3. The molecule has 1 rings (SSSR count). The van der Waals surface area contributed by atoms with Crippen molar-refractivity contribution < 1.29 is 0 Å². The second-order valence-electron chi connectivity index (χ2n) is 3.58. The van der Waals surface area contributed by atoms with E-state index in [1.165, 1.54) is 0 Å². The summed E-state index contributed by atoms with van der Waals surface area (Å²) in [6.45, 7) is 10.3. The maximum Gasteiger partial charge on any atom is 0.0700 e. The Bertz CT molecular complexity index is 348. The first-order valence-electron chi connectivity index (χ1n) is 4.93. The number of benzene rings is 1. The number of hydrogen-bond acceptors (Lipinski definition) is 1. The fourth-order valence-electron chi connectivity index (χ4n) is 1.31. The summed E-state index contributed by atoms with van der Waals surface area (Å²) in [5, 5.41) is 0. The summed E-state index contributed by atoms with van der Waals surface area (Å²) in [5.41, 5.74) is 3.31. The van der Waals surface area contributed by atoms with E-state index in [-0.39, 0.29) is 0 Å². The summed E-state index contributed by atoms with van der Waals surface area (Å²) in [5.74, 6) is 0.461. The normalized spacial score (nSPS) is 11.1. The van der Waals surface area contributed by atoms with Gasteiger partial charge in [0.1, 0.15) is 0 Å². The Hall–Kier alpha value is -1.37. The van der Waals surface area contributed by atoms with Gasteiger partial charge in [-0.15, -0.1) is 0 Å². The van der Waals surface area contributed by atoms with Crippen LogP contribution in [-0.4, -0.2) is 6.21 Å². The summed E-state index contributed by atoms with van der Waals surface area (Å²) in [4.78, 5) is 4.32. The van der Waals surface area contributed by atoms with Crippen LogP contribution in [0.5, 0.6) is 0 Å². The molecule has 1 nitrogen and oxygen atoms in total. The molecule has 0 aliphatic carbocycles. The maximum absolute atomic E-state index is 4.32. The van der Waals surface area contributed by atoms with Crippen molar-refractivity contribution in [3.8, 4) is 0 Å². The van der Waals surface area contributed by atoms with Crippen molar-refractivity contribution in [2.75, 3.05) is 0 Å². The predicted molar refractivity (Wildman–Crippen MR) is 64.1 cm³/mol. The van der Waals surface area contributed by atoms with Gasteiger partial charge < -0.3 is 0 Å². The molecule has 1 aromatic rings. The van der Waals surface area contributed by atoms with E-state index in [0.29, 0.717) is 5.92 Å². The van der Waals surface area contributed by atoms with E-state index in [0.717, 1.165) is 16.8 Å². The van der Waals surface area contributed by atoms with Crippen LogP contribution in [0.1, 0.15) is 26.3 Å². The van der Waals surface area contributed by atoms with E-state index < -0.39 is 0 Å². The van der Waals surface area contributed by atoms with E-state index >= 15 is 0 Å². The molecule has 0 bridgehead atoms. The lowest BCUT2D eigenvalue weighted by atomic mass is 9.96. The van der Waals surface area contributed by atoms with E-state index in [4.69, 9.17) is 0 Å². The molecule has 0 aliphatic rings. The average Bonchev–Trinajstić information content (AvgIpc) is 2.18. The third kappa shape index (κ3) is 2.32. The molecule has 1 heteroatoms. The minimum atomic E-state index is 0.461. The highest BCUT2D eigenvalue weighted by molar-refractivity contribution is 5.76. The summed E-state index contributed by atoms with van der Waals surface area (Å²) < 4.78 is 0. The van der Waals surface area contributed by atoms with Crippen LogP contribution in [0.25, 0.3) is 5.57 Å². The first-order valence-corrected chi connectivity index (χ1v) is 4.93. The van der Waals surface area contributed by atoms with Crippen molar-refractivity contribution in [2.24, 2.45) is 10.9 Å². The molecule has 0 unspecified atom stereocenters. The monoisotopic (exact) mass is 187 g/mol. The lowest BCUT2D eigenvalue weighted by Crippen LogP contribution is -1.92. The molecular formula is C13H17N. The molecule has 0 fully saturated rings. The summed E-state index contributed by atoms with van der Waals surface area (Å²) >= 11 is 0. The van der Waals surface area contributed by atoms with Crippen molar-refractivity contribution in [2.45, 2.75) is 20.8 Å². The molecule has 1 aromatic carbocycles. The zero-order valence-corrected chi connectivity index (χ0v) is 9.12. The molecular weight excluding hydrogens is 170 g/mol. The van der Waals surface area contributed by atoms with Crippen molar-refractivity contribution in [3.05, 3.63) is 36.4 Å². The quantitative estimate of drug-likeness (QED) is 0.632. The third-order valence-corrected chi connectivity index (χ3v) is 2.22. The van der Waals surface area contributed by atoms with Crippen LogP contribution < -0.4 is 0 Å². The van der Waals surface area contributed by atoms with Crippen molar-refractivity contribution in [3.63, 3.8) is 0 Å². The van der Waals surface area contributed by atoms with Gasteiger partial charge in [-0.2, -0.15) is 0 Å². The molecule has 0 heterocycles. The van der Waals surface area contributed by atoms with Gasteiger partial charge in [0.25, 0.3) is 0 Å². The van der Waals surface area contributed by atoms with Gasteiger partial charge >= 0.3 is 0 Å². The SMILES string of the molecule is C=C(c1ccccc1/N=C\C)C(C)C. The zero-order valence-electron chi connectivity index (χ0n) is 9.12. The highest BCUT2D eigenvalue weighted by atomic mass is 14.7. The highest BCUT2D eigenvalue weighted by Crippen LogP contribution is 2.29. The average molecular weight is 187 g/mol. The molecule has 0 radical (unpaired) electrons. The fraction of sp³-hybridized carbons (Fsp3) is 0.308. The minimum absolute atomic E-state index is 0.461. The number of hydrogen-bond donors (Lipinski definition) is 0. The Labute approximate surface area is 86.2 Å². The van der Waals surface area contributed by atoms with E-state index in [9.17, 15) is 0 Å². The molecule has 0 aromatic heterocycles. The van der Waals surface area contributed by atoms with Crippen LogP contribution in [0.15, 0.2) is 35.8 Å². The second kappa shape index (κ2) is 4.75. The number of aliphatic imine (C=N–C) groups is 1. The van der Waals surface area contributed by atoms with E-state index in [1.54, 1.807) is 0 Å². The predicted octanol–water partition coefficient (Wildman–Crippen LogP) is 4.08. The van der Waals surface area contributed by atoms with Gasteiger partial charge in [-0.05, 0) is 24.5 Å². The topological polar surface area (TPSA) is 12.4 Å². The number of nitrogens with zero attached hydrogens (tertiary/aromatic N) is 1. The standard InChI is InChI=1S/C13H17N/c1-5-14-13-9-7-6-8-12(13)11(4)10(2)3/h5-10H,4H2,1-3H3/b14-5-. The van der Waals surface area contributed by atoms with Crippen LogP contribution in [0.2, 0.25) is 0 Å². The number of allylic oxidation sites excluding steroid dienone is 1.